The van der Waals surface area contributed by atoms with E-state index in [1.807, 2.05) is 37.3 Å². The number of nitrogens with one attached hydrogen (secondary N) is 1. The van der Waals surface area contributed by atoms with E-state index in [1.54, 1.807) is 18.2 Å². The Morgan fingerprint density at radius 3 is 2.59 bits per heavy atom. The number of para-hydroxylation sites is 1. The fourth-order valence-electron chi connectivity index (χ4n) is 2.72. The predicted octanol–water partition coefficient (Wildman–Crippen LogP) is 3.90. The zero-order chi connectivity index (χ0) is 19.4. The fraction of sp³-hybridized carbons (Fsp3) is 0.238. The van der Waals surface area contributed by atoms with Crippen LogP contribution in [-0.4, -0.2) is 25.4 Å². The van der Waals surface area contributed by atoms with Gasteiger partial charge in [-0.1, -0.05) is 18.2 Å². The van der Waals surface area contributed by atoms with Crippen molar-refractivity contribution in [1.82, 2.24) is 5.32 Å². The molecule has 6 heteroatoms. The second kappa shape index (κ2) is 7.95. The van der Waals surface area contributed by atoms with Crippen LogP contribution < -0.4 is 14.8 Å². The standard InChI is InChI=1S/C21H21NO5/c1-13(19-11-16-6-4-5-7-17(16)27-19)22-21(24)12-26-18-9-8-15(14(2)23)10-20(18)25-3/h4-11,13H,12H2,1-3H3,(H,22,24). The number of ketones is 1. The molecule has 0 aliphatic carbocycles. The van der Waals surface area contributed by atoms with Crippen LogP contribution in [0.15, 0.2) is 52.9 Å². The van der Waals surface area contributed by atoms with Gasteiger partial charge in [-0.2, -0.15) is 0 Å². The molecule has 2 aromatic carbocycles. The van der Waals surface area contributed by atoms with Crippen LogP contribution >= 0.6 is 0 Å². The normalized spacial score (nSPS) is 11.8. The molecule has 6 nitrogen and oxygen atoms in total. The number of furan rings is 1. The minimum absolute atomic E-state index is 0.0720. The summed E-state index contributed by atoms with van der Waals surface area (Å²) in [7, 11) is 1.48. The van der Waals surface area contributed by atoms with Crippen molar-refractivity contribution in [3.05, 3.63) is 59.9 Å². The first-order valence-corrected chi connectivity index (χ1v) is 8.57. The molecular formula is C21H21NO5. The molecular weight excluding hydrogens is 346 g/mol. The Labute approximate surface area is 157 Å². The average molecular weight is 367 g/mol. The maximum Gasteiger partial charge on any atom is 0.258 e. The predicted molar refractivity (Wildman–Crippen MR) is 101 cm³/mol. The van der Waals surface area contributed by atoms with Gasteiger partial charge in [-0.25, -0.2) is 0 Å². The van der Waals surface area contributed by atoms with E-state index < -0.39 is 0 Å². The molecule has 1 unspecified atom stereocenters. The minimum atomic E-state index is -0.296. The number of benzene rings is 2. The molecule has 0 saturated carbocycles. The van der Waals surface area contributed by atoms with Gasteiger partial charge >= 0.3 is 0 Å². The van der Waals surface area contributed by atoms with Crippen LogP contribution in [-0.2, 0) is 4.79 Å². The minimum Gasteiger partial charge on any atom is -0.493 e. The molecule has 1 amide bonds. The molecule has 1 aromatic heterocycles. The number of hydrogen-bond acceptors (Lipinski definition) is 5. The SMILES string of the molecule is COc1cc(C(C)=O)ccc1OCC(=O)NC(C)c1cc2ccccc2o1. The van der Waals surface area contributed by atoms with Gasteiger partial charge < -0.3 is 19.2 Å². The molecule has 27 heavy (non-hydrogen) atoms. The highest BCUT2D eigenvalue weighted by molar-refractivity contribution is 5.94. The lowest BCUT2D eigenvalue weighted by atomic mass is 10.1. The zero-order valence-corrected chi connectivity index (χ0v) is 15.4. The molecule has 0 radical (unpaired) electrons. The second-order valence-electron chi connectivity index (χ2n) is 6.19. The fourth-order valence-corrected chi connectivity index (χ4v) is 2.72. The van der Waals surface area contributed by atoms with Crippen LogP contribution in [0, 0.1) is 0 Å². The van der Waals surface area contributed by atoms with Gasteiger partial charge in [-0.15, -0.1) is 0 Å². The first-order chi connectivity index (χ1) is 13.0. The molecule has 0 saturated heterocycles. The van der Waals surface area contributed by atoms with Crippen LogP contribution in [0.2, 0.25) is 0 Å². The Kier molecular flexibility index (Phi) is 5.45. The van der Waals surface area contributed by atoms with Crippen molar-refractivity contribution in [2.75, 3.05) is 13.7 Å². The summed E-state index contributed by atoms with van der Waals surface area (Å²) in [5.41, 5.74) is 1.29. The summed E-state index contributed by atoms with van der Waals surface area (Å²) in [6.07, 6.45) is 0. The molecule has 140 valence electrons. The number of hydrogen-bond donors (Lipinski definition) is 1. The Morgan fingerprint density at radius 2 is 1.89 bits per heavy atom. The monoisotopic (exact) mass is 367 g/mol. The summed E-state index contributed by atoms with van der Waals surface area (Å²) in [6, 6.07) is 14.1. The number of methoxy groups -OCH3 is 1. The van der Waals surface area contributed by atoms with Crippen molar-refractivity contribution in [2.45, 2.75) is 19.9 Å². The van der Waals surface area contributed by atoms with Crippen molar-refractivity contribution in [3.8, 4) is 11.5 Å². The van der Waals surface area contributed by atoms with E-state index >= 15 is 0 Å². The third kappa shape index (κ3) is 4.28. The van der Waals surface area contributed by atoms with Crippen molar-refractivity contribution < 1.29 is 23.5 Å². The highest BCUT2D eigenvalue weighted by atomic mass is 16.5. The van der Waals surface area contributed by atoms with E-state index in [4.69, 9.17) is 13.9 Å². The molecule has 0 aliphatic rings. The smallest absolute Gasteiger partial charge is 0.258 e. The lowest BCUT2D eigenvalue weighted by molar-refractivity contribution is -0.123. The van der Waals surface area contributed by atoms with Gasteiger partial charge in [0, 0.05) is 10.9 Å². The molecule has 0 fully saturated rings. The lowest BCUT2D eigenvalue weighted by Gasteiger charge is -2.14. The first-order valence-electron chi connectivity index (χ1n) is 8.57. The maximum absolute atomic E-state index is 12.2. The van der Waals surface area contributed by atoms with Crippen LogP contribution in [0.3, 0.4) is 0 Å². The van der Waals surface area contributed by atoms with Crippen LogP contribution in [0.1, 0.15) is 36.0 Å². The summed E-state index contributed by atoms with van der Waals surface area (Å²) in [6.45, 7) is 3.14. The Hall–Kier alpha value is -3.28. The van der Waals surface area contributed by atoms with Crippen molar-refractivity contribution >= 4 is 22.7 Å². The van der Waals surface area contributed by atoms with Gasteiger partial charge in [0.1, 0.15) is 11.3 Å². The molecule has 0 aliphatic heterocycles. The zero-order valence-electron chi connectivity index (χ0n) is 15.4. The highest BCUT2D eigenvalue weighted by Crippen LogP contribution is 2.28. The highest BCUT2D eigenvalue weighted by Gasteiger charge is 2.15. The third-order valence-electron chi connectivity index (χ3n) is 4.18. The largest absolute Gasteiger partial charge is 0.493 e. The molecule has 1 heterocycles. The van der Waals surface area contributed by atoms with Crippen molar-refractivity contribution in [3.63, 3.8) is 0 Å². The van der Waals surface area contributed by atoms with E-state index in [0.29, 0.717) is 22.8 Å². The number of carbonyl (C=O) groups is 2. The summed E-state index contributed by atoms with van der Waals surface area (Å²) in [5.74, 6) is 1.11. The quantitative estimate of drug-likeness (QED) is 0.641. The van der Waals surface area contributed by atoms with Crippen LogP contribution in [0.4, 0.5) is 0 Å². The molecule has 0 spiro atoms. The Balaban J connectivity index is 1.61. The number of carbonyl (C=O) groups excluding carboxylic acids is 2. The third-order valence-corrected chi connectivity index (χ3v) is 4.18. The molecule has 3 aromatic rings. The van der Waals surface area contributed by atoms with E-state index in [-0.39, 0.29) is 24.3 Å². The maximum atomic E-state index is 12.2. The lowest BCUT2D eigenvalue weighted by Crippen LogP contribution is -2.31. The molecule has 1 N–H and O–H groups in total. The van der Waals surface area contributed by atoms with E-state index in [9.17, 15) is 9.59 Å². The summed E-state index contributed by atoms with van der Waals surface area (Å²) >= 11 is 0. The van der Waals surface area contributed by atoms with Gasteiger partial charge in [0.25, 0.3) is 5.91 Å². The van der Waals surface area contributed by atoms with Gasteiger partial charge in [0.05, 0.1) is 13.2 Å². The summed E-state index contributed by atoms with van der Waals surface area (Å²) in [4.78, 5) is 23.7. The number of amides is 1. The second-order valence-corrected chi connectivity index (χ2v) is 6.19. The average Bonchev–Trinajstić information content (AvgIpc) is 3.10. The van der Waals surface area contributed by atoms with Crippen LogP contribution in [0.25, 0.3) is 11.0 Å². The van der Waals surface area contributed by atoms with Crippen LogP contribution in [0.5, 0.6) is 11.5 Å². The number of ether oxygens (including phenoxy) is 2. The molecule has 3 rings (SSSR count). The Morgan fingerprint density at radius 1 is 1.11 bits per heavy atom. The molecule has 1 atom stereocenters. The van der Waals surface area contributed by atoms with Gasteiger partial charge in [0.15, 0.2) is 23.9 Å². The molecule has 0 bridgehead atoms. The number of fused-ring (bicyclic) bond motifs is 1. The van der Waals surface area contributed by atoms with E-state index in [1.165, 1.54) is 14.0 Å². The topological polar surface area (TPSA) is 77.8 Å². The van der Waals surface area contributed by atoms with Gasteiger partial charge in [-0.3, -0.25) is 9.59 Å². The Bertz CT molecular complexity index is 943. The number of rotatable bonds is 7. The summed E-state index contributed by atoms with van der Waals surface area (Å²) in [5, 5.41) is 3.83. The van der Waals surface area contributed by atoms with E-state index in [0.717, 1.165) is 11.0 Å². The number of Topliss-reactive ketones (excluding diaryl/α,β-unsaturated/α-hetero) is 1. The first kappa shape index (κ1) is 18.5. The van der Waals surface area contributed by atoms with Gasteiger partial charge in [0.2, 0.25) is 0 Å². The van der Waals surface area contributed by atoms with E-state index in [2.05, 4.69) is 5.32 Å². The van der Waals surface area contributed by atoms with Crippen molar-refractivity contribution in [1.29, 1.82) is 0 Å². The van der Waals surface area contributed by atoms with Crippen molar-refractivity contribution in [2.24, 2.45) is 0 Å². The van der Waals surface area contributed by atoms with Gasteiger partial charge in [-0.05, 0) is 44.2 Å². The summed E-state index contributed by atoms with van der Waals surface area (Å²) < 4.78 is 16.5.